The van der Waals surface area contributed by atoms with Crippen molar-refractivity contribution in [1.82, 2.24) is 24.3 Å². The average Bonchev–Trinajstić information content (AvgIpc) is 3.53. The molecule has 3 heterocycles. The molecule has 0 unspecified atom stereocenters. The Morgan fingerprint density at radius 2 is 1.71 bits per heavy atom. The van der Waals surface area contributed by atoms with Crippen molar-refractivity contribution in [3.05, 3.63) is 41.2 Å². The van der Waals surface area contributed by atoms with Gasteiger partial charge in [0, 0.05) is 43.1 Å². The zero-order valence-corrected chi connectivity index (χ0v) is 23.1. The number of alkyl carbamates (subject to hydrolysis) is 1. The van der Waals surface area contributed by atoms with E-state index >= 15 is 0 Å². The van der Waals surface area contributed by atoms with Gasteiger partial charge in [0.15, 0.2) is 0 Å². The lowest BCUT2D eigenvalue weighted by Crippen LogP contribution is -2.52. The molecule has 1 amide bonds. The number of hydrogen-bond donors (Lipinski definition) is 1. The predicted octanol–water partition coefficient (Wildman–Crippen LogP) is 4.83. The van der Waals surface area contributed by atoms with Crippen molar-refractivity contribution in [1.29, 1.82) is 0 Å². The van der Waals surface area contributed by atoms with E-state index in [2.05, 4.69) is 15.2 Å². The Labute approximate surface area is 225 Å². The Bertz CT molecular complexity index is 1120. The minimum Gasteiger partial charge on any atom is -0.474 e. The monoisotopic (exact) mass is 525 g/mol. The molecule has 208 valence electrons. The molecule has 3 aliphatic rings. The fourth-order valence-electron chi connectivity index (χ4n) is 6.26. The average molecular weight is 526 g/mol. The molecule has 2 saturated carbocycles. The van der Waals surface area contributed by atoms with Gasteiger partial charge in [-0.2, -0.15) is 0 Å². The molecule has 0 spiro atoms. The number of imidazole rings is 1. The van der Waals surface area contributed by atoms with Gasteiger partial charge in [0.1, 0.15) is 11.7 Å². The van der Waals surface area contributed by atoms with E-state index < -0.39 is 5.60 Å². The van der Waals surface area contributed by atoms with Gasteiger partial charge in [-0.3, -0.25) is 14.0 Å². The molecule has 0 aromatic carbocycles. The number of nitrogens with zero attached hydrogens (tertiary/aromatic N) is 4. The maximum absolute atomic E-state index is 13.3. The van der Waals surface area contributed by atoms with E-state index in [0.29, 0.717) is 11.9 Å². The number of pyridine rings is 1. The number of ether oxygens (including phenoxy) is 2. The van der Waals surface area contributed by atoms with Crippen molar-refractivity contribution >= 4 is 6.09 Å². The zero-order chi connectivity index (χ0) is 26.7. The van der Waals surface area contributed by atoms with Gasteiger partial charge in [-0.15, -0.1) is 0 Å². The van der Waals surface area contributed by atoms with E-state index in [1.807, 2.05) is 49.9 Å². The third-order valence-corrected chi connectivity index (χ3v) is 8.14. The summed E-state index contributed by atoms with van der Waals surface area (Å²) in [6.07, 6.45) is 16.2. The number of rotatable bonds is 6. The lowest BCUT2D eigenvalue weighted by atomic mass is 9.88. The fraction of sp³-hybridized carbons (Fsp3) is 0.690. The molecule has 1 N–H and O–H groups in total. The van der Waals surface area contributed by atoms with Gasteiger partial charge < -0.3 is 14.8 Å². The van der Waals surface area contributed by atoms with E-state index in [1.54, 1.807) is 10.8 Å². The highest BCUT2D eigenvalue weighted by atomic mass is 16.6. The van der Waals surface area contributed by atoms with Crippen LogP contribution >= 0.6 is 0 Å². The molecular formula is C29H43N5O4. The van der Waals surface area contributed by atoms with Gasteiger partial charge >= 0.3 is 11.8 Å². The molecular weight excluding hydrogens is 482 g/mol. The smallest absolute Gasteiger partial charge is 0.407 e. The highest BCUT2D eigenvalue weighted by molar-refractivity contribution is 5.68. The molecule has 2 aliphatic carbocycles. The van der Waals surface area contributed by atoms with E-state index in [9.17, 15) is 9.59 Å². The van der Waals surface area contributed by atoms with Gasteiger partial charge in [0.2, 0.25) is 5.88 Å². The largest absolute Gasteiger partial charge is 0.474 e. The number of aromatic nitrogens is 3. The Morgan fingerprint density at radius 3 is 2.39 bits per heavy atom. The molecule has 1 atom stereocenters. The molecule has 1 aliphatic heterocycles. The van der Waals surface area contributed by atoms with E-state index in [0.717, 1.165) is 70.1 Å². The van der Waals surface area contributed by atoms with E-state index in [4.69, 9.17) is 9.47 Å². The molecule has 3 fully saturated rings. The second kappa shape index (κ2) is 11.5. The topological polar surface area (TPSA) is 90.6 Å². The van der Waals surface area contributed by atoms with Crippen molar-refractivity contribution in [2.45, 2.75) is 115 Å². The highest BCUT2D eigenvalue weighted by Crippen LogP contribution is 2.32. The van der Waals surface area contributed by atoms with Crippen LogP contribution in [0.4, 0.5) is 4.79 Å². The lowest BCUT2D eigenvalue weighted by molar-refractivity contribution is 0.0435. The number of carbonyl (C=O) groups is 1. The molecule has 0 bridgehead atoms. The summed E-state index contributed by atoms with van der Waals surface area (Å²) in [5, 5.41) is 3.06. The lowest BCUT2D eigenvalue weighted by Gasteiger charge is -2.41. The maximum Gasteiger partial charge on any atom is 0.407 e. The summed E-state index contributed by atoms with van der Waals surface area (Å²) in [6.45, 7) is 7.58. The van der Waals surface area contributed by atoms with Gasteiger partial charge in [0.05, 0.1) is 11.9 Å². The standard InChI is InChI=1S/C29H43N5O4/c1-29(2,3)38-27(35)31-21-7-6-16-32(20-21)22-10-12-23(13-11-22)33-17-18-34(28(33)36)24-14-15-26(30-19-24)37-25-8-4-5-9-25/h14-15,17-19,21-23,25H,4-13,16,20H2,1-3H3,(H,31,35)/t21-,22?,23?/m1/s1. The Balaban J connectivity index is 1.14. The number of likely N-dealkylation sites (tertiary alicyclic amines) is 1. The number of piperidine rings is 1. The zero-order valence-electron chi connectivity index (χ0n) is 23.1. The van der Waals surface area contributed by atoms with Crippen LogP contribution in [0.3, 0.4) is 0 Å². The Hall–Kier alpha value is -2.81. The highest BCUT2D eigenvalue weighted by Gasteiger charge is 2.32. The second-order valence-electron chi connectivity index (χ2n) is 12.2. The second-order valence-corrected chi connectivity index (χ2v) is 12.2. The van der Waals surface area contributed by atoms with Gasteiger partial charge in [0.25, 0.3) is 0 Å². The first kappa shape index (κ1) is 26.8. The van der Waals surface area contributed by atoms with Crippen LogP contribution in [0.25, 0.3) is 5.69 Å². The van der Waals surface area contributed by atoms with Crippen LogP contribution in [-0.4, -0.2) is 62.0 Å². The van der Waals surface area contributed by atoms with Crippen LogP contribution in [0.15, 0.2) is 35.5 Å². The van der Waals surface area contributed by atoms with Crippen LogP contribution in [0.2, 0.25) is 0 Å². The fourth-order valence-corrected chi connectivity index (χ4v) is 6.26. The van der Waals surface area contributed by atoms with Gasteiger partial charge in [-0.25, -0.2) is 14.6 Å². The van der Waals surface area contributed by atoms with Gasteiger partial charge in [-0.1, -0.05) is 0 Å². The molecule has 38 heavy (non-hydrogen) atoms. The number of hydrogen-bond acceptors (Lipinski definition) is 6. The maximum atomic E-state index is 13.3. The van der Waals surface area contributed by atoms with Crippen LogP contribution in [0.5, 0.6) is 5.88 Å². The number of nitrogens with one attached hydrogen (secondary N) is 1. The Morgan fingerprint density at radius 1 is 0.974 bits per heavy atom. The van der Waals surface area contributed by atoms with Gasteiger partial charge in [-0.05, 0) is 97.6 Å². The summed E-state index contributed by atoms with van der Waals surface area (Å²) < 4.78 is 15.0. The third-order valence-electron chi connectivity index (χ3n) is 8.14. The van der Waals surface area contributed by atoms with E-state index in [1.165, 1.54) is 12.8 Å². The van der Waals surface area contributed by atoms with Crippen LogP contribution in [-0.2, 0) is 4.74 Å². The number of carbonyl (C=O) groups excluding carboxylic acids is 1. The first-order chi connectivity index (χ1) is 18.2. The summed E-state index contributed by atoms with van der Waals surface area (Å²) in [5.41, 5.74) is 0.259. The predicted molar refractivity (Wildman–Crippen MR) is 146 cm³/mol. The summed E-state index contributed by atoms with van der Waals surface area (Å²) in [4.78, 5) is 32.5. The molecule has 5 rings (SSSR count). The summed E-state index contributed by atoms with van der Waals surface area (Å²) in [5.74, 6) is 0.632. The van der Waals surface area contributed by atoms with E-state index in [-0.39, 0.29) is 30.0 Å². The van der Waals surface area contributed by atoms with Crippen molar-refractivity contribution in [3.63, 3.8) is 0 Å². The minimum atomic E-state index is -0.489. The molecule has 0 radical (unpaired) electrons. The quantitative estimate of drug-likeness (QED) is 0.581. The van der Waals surface area contributed by atoms with Crippen LogP contribution in [0, 0.1) is 0 Å². The molecule has 9 heteroatoms. The summed E-state index contributed by atoms with van der Waals surface area (Å²) >= 11 is 0. The number of amides is 1. The molecule has 2 aromatic rings. The van der Waals surface area contributed by atoms with Crippen molar-refractivity contribution in [2.75, 3.05) is 13.1 Å². The molecule has 9 nitrogen and oxygen atoms in total. The third kappa shape index (κ3) is 6.60. The minimum absolute atomic E-state index is 0.0145. The first-order valence-electron chi connectivity index (χ1n) is 14.4. The normalized spacial score (nSPS) is 25.3. The van der Waals surface area contributed by atoms with Crippen molar-refractivity contribution < 1.29 is 14.3 Å². The van der Waals surface area contributed by atoms with Crippen LogP contribution < -0.4 is 15.7 Å². The summed E-state index contributed by atoms with van der Waals surface area (Å²) in [7, 11) is 0. The SMILES string of the molecule is CC(C)(C)OC(=O)N[C@@H]1CCCN(C2CCC(n3ccn(-c4ccc(OC5CCCC5)nc4)c3=O)CC2)C1. The van der Waals surface area contributed by atoms with Crippen molar-refractivity contribution in [3.8, 4) is 11.6 Å². The van der Waals surface area contributed by atoms with Crippen molar-refractivity contribution in [2.24, 2.45) is 0 Å². The van der Waals surface area contributed by atoms with Crippen LogP contribution in [0.1, 0.15) is 91.0 Å². The first-order valence-corrected chi connectivity index (χ1v) is 14.4. The molecule has 2 aromatic heterocycles. The Kier molecular flexibility index (Phi) is 8.12. The summed E-state index contributed by atoms with van der Waals surface area (Å²) in [6, 6.07) is 4.60. The molecule has 1 saturated heterocycles.